The lowest BCUT2D eigenvalue weighted by Crippen LogP contribution is -2.42. The number of piperidine rings is 1. The van der Waals surface area contributed by atoms with Crippen molar-refractivity contribution in [2.45, 2.75) is 25.5 Å². The van der Waals surface area contributed by atoms with Gasteiger partial charge in [0.25, 0.3) is 5.91 Å². The molecule has 1 amide bonds. The Kier molecular flexibility index (Phi) is 5.42. The van der Waals surface area contributed by atoms with Crippen LogP contribution in [-0.2, 0) is 0 Å². The van der Waals surface area contributed by atoms with Crippen molar-refractivity contribution in [1.29, 1.82) is 0 Å². The maximum atomic E-state index is 12.3. The summed E-state index contributed by atoms with van der Waals surface area (Å²) >= 11 is 1.39. The molecule has 128 valence electrons. The lowest BCUT2D eigenvalue weighted by atomic mass is 10.1. The van der Waals surface area contributed by atoms with Gasteiger partial charge in [0.1, 0.15) is 5.75 Å². The van der Waals surface area contributed by atoms with Crippen LogP contribution in [0.5, 0.6) is 5.75 Å². The fourth-order valence-electron chi connectivity index (χ4n) is 2.64. The quantitative estimate of drug-likeness (QED) is 0.866. The Morgan fingerprint density at radius 1 is 1.17 bits per heavy atom. The Bertz CT molecular complexity index is 682. The van der Waals surface area contributed by atoms with Gasteiger partial charge in [-0.05, 0) is 67.9 Å². The maximum absolute atomic E-state index is 12.3. The molecule has 1 aromatic carbocycles. The molecule has 0 spiro atoms. The van der Waals surface area contributed by atoms with Crippen LogP contribution < -0.4 is 15.4 Å². The fourth-order valence-corrected chi connectivity index (χ4v) is 3.55. The van der Waals surface area contributed by atoms with Gasteiger partial charge >= 0.3 is 6.61 Å². The van der Waals surface area contributed by atoms with Crippen LogP contribution in [0.1, 0.15) is 22.5 Å². The molecule has 0 saturated carbocycles. The van der Waals surface area contributed by atoms with Gasteiger partial charge in [-0.1, -0.05) is 0 Å². The summed E-state index contributed by atoms with van der Waals surface area (Å²) in [5.74, 6) is 0.0602. The van der Waals surface area contributed by atoms with Gasteiger partial charge in [-0.25, -0.2) is 0 Å². The Morgan fingerprint density at radius 2 is 1.88 bits per heavy atom. The number of halogens is 2. The number of benzene rings is 1. The van der Waals surface area contributed by atoms with Crippen molar-refractivity contribution in [2.24, 2.45) is 0 Å². The van der Waals surface area contributed by atoms with E-state index >= 15 is 0 Å². The van der Waals surface area contributed by atoms with Crippen molar-refractivity contribution >= 4 is 17.2 Å². The highest BCUT2D eigenvalue weighted by atomic mass is 32.1. The van der Waals surface area contributed by atoms with E-state index in [1.165, 1.54) is 23.5 Å². The molecule has 4 nitrogen and oxygen atoms in total. The number of carbonyl (C=O) groups is 1. The largest absolute Gasteiger partial charge is 0.435 e. The molecule has 1 aromatic heterocycles. The Balaban J connectivity index is 1.65. The maximum Gasteiger partial charge on any atom is 0.387 e. The topological polar surface area (TPSA) is 50.4 Å². The van der Waals surface area contributed by atoms with E-state index < -0.39 is 6.61 Å². The molecule has 2 aromatic rings. The number of hydrogen-bond acceptors (Lipinski definition) is 4. The van der Waals surface area contributed by atoms with Crippen LogP contribution in [0.2, 0.25) is 0 Å². The van der Waals surface area contributed by atoms with E-state index in [0.29, 0.717) is 4.88 Å². The van der Waals surface area contributed by atoms with Crippen molar-refractivity contribution in [3.63, 3.8) is 0 Å². The van der Waals surface area contributed by atoms with Gasteiger partial charge in [0.15, 0.2) is 0 Å². The molecule has 1 aliphatic rings. The van der Waals surface area contributed by atoms with E-state index in [2.05, 4.69) is 15.4 Å². The highest BCUT2D eigenvalue weighted by molar-refractivity contribution is 7.17. The molecule has 0 radical (unpaired) electrons. The standard InChI is InChI=1S/C17H18F2N2O2S/c18-17(19)23-13-3-1-11(2-4-13)14-5-6-15(24-14)16(22)21-12-7-9-20-10-8-12/h1-6,12,17,20H,7-10H2,(H,21,22). The van der Waals surface area contributed by atoms with Crippen LogP contribution in [-0.4, -0.2) is 31.7 Å². The van der Waals surface area contributed by atoms with E-state index in [1.54, 1.807) is 18.2 Å². The second kappa shape index (κ2) is 7.72. The number of nitrogens with one attached hydrogen (secondary N) is 2. The smallest absolute Gasteiger partial charge is 0.387 e. The van der Waals surface area contributed by atoms with Crippen LogP contribution in [0.25, 0.3) is 10.4 Å². The molecular weight excluding hydrogens is 334 g/mol. The average Bonchev–Trinajstić information content (AvgIpc) is 3.06. The second-order valence-corrected chi connectivity index (χ2v) is 6.65. The van der Waals surface area contributed by atoms with Gasteiger partial charge in [-0.15, -0.1) is 11.3 Å². The summed E-state index contributed by atoms with van der Waals surface area (Å²) in [6.07, 6.45) is 1.88. The zero-order chi connectivity index (χ0) is 16.9. The summed E-state index contributed by atoms with van der Waals surface area (Å²) < 4.78 is 28.7. The minimum atomic E-state index is -2.83. The highest BCUT2D eigenvalue weighted by Gasteiger charge is 2.17. The SMILES string of the molecule is O=C(NC1CCNCC1)c1ccc(-c2ccc(OC(F)F)cc2)s1. The monoisotopic (exact) mass is 352 g/mol. The number of hydrogen-bond donors (Lipinski definition) is 2. The summed E-state index contributed by atoms with van der Waals surface area (Å²) in [6.45, 7) is -0.982. The summed E-state index contributed by atoms with van der Waals surface area (Å²) in [7, 11) is 0. The molecule has 1 saturated heterocycles. The number of alkyl halides is 2. The third kappa shape index (κ3) is 4.30. The van der Waals surface area contributed by atoms with Crippen molar-refractivity contribution in [2.75, 3.05) is 13.1 Å². The van der Waals surface area contributed by atoms with Gasteiger partial charge in [0.2, 0.25) is 0 Å². The van der Waals surface area contributed by atoms with Gasteiger partial charge in [0, 0.05) is 10.9 Å². The molecule has 2 heterocycles. The number of ether oxygens (including phenoxy) is 1. The van der Waals surface area contributed by atoms with E-state index in [9.17, 15) is 13.6 Å². The molecule has 7 heteroatoms. The molecule has 2 N–H and O–H groups in total. The van der Waals surface area contributed by atoms with Crippen LogP contribution in [0.4, 0.5) is 8.78 Å². The van der Waals surface area contributed by atoms with E-state index in [-0.39, 0.29) is 17.7 Å². The average molecular weight is 352 g/mol. The Morgan fingerprint density at radius 3 is 2.54 bits per heavy atom. The minimum Gasteiger partial charge on any atom is -0.435 e. The number of amides is 1. The number of rotatable bonds is 5. The summed E-state index contributed by atoms with van der Waals surface area (Å²) in [6, 6.07) is 10.3. The number of carbonyl (C=O) groups excluding carboxylic acids is 1. The molecule has 0 bridgehead atoms. The Labute approximate surface area is 142 Å². The normalized spacial score (nSPS) is 15.5. The van der Waals surface area contributed by atoms with Crippen molar-refractivity contribution in [3.8, 4) is 16.2 Å². The highest BCUT2D eigenvalue weighted by Crippen LogP contribution is 2.30. The summed E-state index contributed by atoms with van der Waals surface area (Å²) in [4.78, 5) is 13.9. The number of thiophene rings is 1. The first-order valence-electron chi connectivity index (χ1n) is 7.78. The molecule has 0 unspecified atom stereocenters. The van der Waals surface area contributed by atoms with Crippen LogP contribution in [0.15, 0.2) is 36.4 Å². The molecule has 1 aliphatic heterocycles. The molecule has 0 atom stereocenters. The van der Waals surface area contributed by atoms with Crippen LogP contribution in [0, 0.1) is 0 Å². The third-order valence-corrected chi connectivity index (χ3v) is 5.00. The van der Waals surface area contributed by atoms with Gasteiger partial charge < -0.3 is 15.4 Å². The molecule has 3 rings (SSSR count). The van der Waals surface area contributed by atoms with E-state index in [1.807, 2.05) is 6.07 Å². The minimum absolute atomic E-state index is 0.0594. The van der Waals surface area contributed by atoms with Crippen molar-refractivity contribution in [3.05, 3.63) is 41.3 Å². The van der Waals surface area contributed by atoms with Crippen LogP contribution >= 0.6 is 11.3 Å². The summed E-state index contributed by atoms with van der Waals surface area (Å²) in [5, 5.41) is 6.32. The van der Waals surface area contributed by atoms with E-state index in [4.69, 9.17) is 0 Å². The first-order chi connectivity index (χ1) is 11.6. The predicted molar refractivity (Wildman–Crippen MR) is 89.7 cm³/mol. The zero-order valence-corrected chi connectivity index (χ0v) is 13.7. The molecular formula is C17H18F2N2O2S. The van der Waals surface area contributed by atoms with Crippen LogP contribution in [0.3, 0.4) is 0 Å². The first kappa shape index (κ1) is 16.9. The fraction of sp³-hybridized carbons (Fsp3) is 0.353. The lowest BCUT2D eigenvalue weighted by molar-refractivity contribution is -0.0498. The van der Waals surface area contributed by atoms with Gasteiger partial charge in [0.05, 0.1) is 4.88 Å². The second-order valence-electron chi connectivity index (χ2n) is 5.56. The molecule has 1 fully saturated rings. The Hall–Kier alpha value is -1.99. The van der Waals surface area contributed by atoms with Crippen molar-refractivity contribution < 1.29 is 18.3 Å². The van der Waals surface area contributed by atoms with Crippen molar-refractivity contribution in [1.82, 2.24) is 10.6 Å². The third-order valence-electron chi connectivity index (χ3n) is 3.87. The van der Waals surface area contributed by atoms with Gasteiger partial charge in [-0.3, -0.25) is 4.79 Å². The molecule has 24 heavy (non-hydrogen) atoms. The molecule has 0 aliphatic carbocycles. The predicted octanol–water partition coefficient (Wildman–Crippen LogP) is 3.50. The first-order valence-corrected chi connectivity index (χ1v) is 8.60. The van der Waals surface area contributed by atoms with Gasteiger partial charge in [-0.2, -0.15) is 8.78 Å². The van der Waals surface area contributed by atoms with E-state index in [0.717, 1.165) is 36.4 Å². The zero-order valence-electron chi connectivity index (χ0n) is 12.9. The lowest BCUT2D eigenvalue weighted by Gasteiger charge is -2.23. The summed E-state index contributed by atoms with van der Waals surface area (Å²) in [5.41, 5.74) is 0.863.